The maximum atomic E-state index is 13.9. The van der Waals surface area contributed by atoms with Crippen molar-refractivity contribution in [3.05, 3.63) is 117 Å². The summed E-state index contributed by atoms with van der Waals surface area (Å²) in [4.78, 5) is 20.3. The van der Waals surface area contributed by atoms with Gasteiger partial charge in [-0.25, -0.2) is 4.99 Å². The second kappa shape index (κ2) is 11.9. The van der Waals surface area contributed by atoms with Gasteiger partial charge in [-0.15, -0.1) is 11.3 Å². The van der Waals surface area contributed by atoms with Crippen molar-refractivity contribution < 1.29 is 4.79 Å². The van der Waals surface area contributed by atoms with Crippen LogP contribution in [0, 0.1) is 20.8 Å². The lowest BCUT2D eigenvalue weighted by atomic mass is 9.96. The molecule has 0 atom stereocenters. The monoisotopic (exact) mass is 559 g/mol. The van der Waals surface area contributed by atoms with Crippen LogP contribution in [-0.4, -0.2) is 16.7 Å². The Bertz CT molecular complexity index is 1720. The number of aryl methyl sites for hydroxylation is 3. The molecule has 0 fully saturated rings. The SMILES string of the molecule is Cc1cc(C)cc(NC(=O)c2c(N=Cc3c(C)n(Cc4ccccc4)c4ccccc34)sc3c2CCCCCC3)c1. The Kier molecular flexibility index (Phi) is 7.89. The highest BCUT2D eigenvalue weighted by Gasteiger charge is 2.24. The van der Waals surface area contributed by atoms with Gasteiger partial charge in [-0.1, -0.05) is 67.4 Å². The molecule has 208 valence electrons. The fourth-order valence-electron chi connectivity index (χ4n) is 6.18. The van der Waals surface area contributed by atoms with Gasteiger partial charge in [-0.2, -0.15) is 0 Å². The number of benzene rings is 3. The molecule has 4 nitrogen and oxygen atoms in total. The maximum Gasteiger partial charge on any atom is 0.259 e. The summed E-state index contributed by atoms with van der Waals surface area (Å²) in [6, 6.07) is 25.3. The molecule has 1 aliphatic carbocycles. The summed E-state index contributed by atoms with van der Waals surface area (Å²) in [5.41, 5.74) is 9.83. The summed E-state index contributed by atoms with van der Waals surface area (Å²) in [5, 5.41) is 5.21. The third-order valence-corrected chi connectivity index (χ3v) is 9.33. The van der Waals surface area contributed by atoms with E-state index in [-0.39, 0.29) is 5.91 Å². The zero-order valence-corrected chi connectivity index (χ0v) is 25.0. The molecule has 2 aromatic heterocycles. The summed E-state index contributed by atoms with van der Waals surface area (Å²) >= 11 is 1.70. The van der Waals surface area contributed by atoms with Gasteiger partial charge in [0.15, 0.2) is 0 Å². The number of carbonyl (C=O) groups excluding carboxylic acids is 1. The van der Waals surface area contributed by atoms with Gasteiger partial charge in [0.1, 0.15) is 5.00 Å². The van der Waals surface area contributed by atoms with E-state index in [2.05, 4.69) is 91.3 Å². The first-order chi connectivity index (χ1) is 20.0. The number of nitrogens with one attached hydrogen (secondary N) is 1. The standard InChI is InChI=1S/C36H37N3OS/c1-24-19-25(2)21-28(20-24)38-35(40)34-30-16-9-4-5-10-18-33(30)41-36(34)37-22-31-26(3)39(23-27-13-7-6-8-14-27)32-17-12-11-15-29(31)32/h6-8,11-15,17,19-22H,4-5,9-10,16,18,23H2,1-3H3,(H,38,40). The summed E-state index contributed by atoms with van der Waals surface area (Å²) < 4.78 is 2.37. The van der Waals surface area contributed by atoms with Crippen molar-refractivity contribution in [3.8, 4) is 0 Å². The summed E-state index contributed by atoms with van der Waals surface area (Å²) in [6.45, 7) is 7.10. The smallest absolute Gasteiger partial charge is 0.259 e. The topological polar surface area (TPSA) is 46.4 Å². The first kappa shape index (κ1) is 27.2. The lowest BCUT2D eigenvalue weighted by Gasteiger charge is -2.12. The zero-order valence-electron chi connectivity index (χ0n) is 24.2. The van der Waals surface area contributed by atoms with Crippen LogP contribution in [0.25, 0.3) is 10.9 Å². The fraction of sp³-hybridized carbons (Fsp3) is 0.278. The Morgan fingerprint density at radius 2 is 1.61 bits per heavy atom. The average Bonchev–Trinajstić information content (AvgIpc) is 3.41. The molecule has 5 heteroatoms. The van der Waals surface area contributed by atoms with E-state index in [4.69, 9.17) is 4.99 Å². The van der Waals surface area contributed by atoms with E-state index < -0.39 is 0 Å². The van der Waals surface area contributed by atoms with Crippen molar-refractivity contribution in [1.29, 1.82) is 0 Å². The number of hydrogen-bond donors (Lipinski definition) is 1. The first-order valence-electron chi connectivity index (χ1n) is 14.7. The number of fused-ring (bicyclic) bond motifs is 2. The molecular formula is C36H37N3OS. The molecule has 0 bridgehead atoms. The van der Waals surface area contributed by atoms with Crippen LogP contribution in [0.1, 0.15) is 74.4 Å². The van der Waals surface area contributed by atoms with E-state index in [0.717, 1.165) is 58.7 Å². The molecule has 0 spiro atoms. The zero-order chi connectivity index (χ0) is 28.3. The molecule has 0 radical (unpaired) electrons. The van der Waals surface area contributed by atoms with Crippen LogP contribution in [0.4, 0.5) is 10.7 Å². The molecule has 3 aromatic carbocycles. The van der Waals surface area contributed by atoms with Crippen molar-refractivity contribution >= 4 is 45.0 Å². The van der Waals surface area contributed by atoms with Crippen LogP contribution in [-0.2, 0) is 19.4 Å². The van der Waals surface area contributed by atoms with Crippen molar-refractivity contribution in [1.82, 2.24) is 4.57 Å². The summed E-state index contributed by atoms with van der Waals surface area (Å²) in [5.74, 6) is -0.0524. The number of aromatic nitrogens is 1. The van der Waals surface area contributed by atoms with Gasteiger partial charge in [0.2, 0.25) is 0 Å². The number of aliphatic imine (C=N–C) groups is 1. The molecule has 1 amide bonds. The lowest BCUT2D eigenvalue weighted by Crippen LogP contribution is -2.14. The molecular weight excluding hydrogens is 522 g/mol. The van der Waals surface area contributed by atoms with Crippen molar-refractivity contribution in [2.45, 2.75) is 65.8 Å². The molecule has 1 N–H and O–H groups in total. The highest BCUT2D eigenvalue weighted by atomic mass is 32.1. The van der Waals surface area contributed by atoms with Crippen molar-refractivity contribution in [2.75, 3.05) is 5.32 Å². The van der Waals surface area contributed by atoms with Gasteiger partial charge in [-0.3, -0.25) is 4.79 Å². The number of thiophene rings is 1. The predicted molar refractivity (Wildman–Crippen MR) is 174 cm³/mol. The second-order valence-corrected chi connectivity index (χ2v) is 12.4. The Labute approximate surface area is 246 Å². The quantitative estimate of drug-likeness (QED) is 0.207. The van der Waals surface area contributed by atoms with Crippen molar-refractivity contribution in [3.63, 3.8) is 0 Å². The Balaban J connectivity index is 1.41. The molecule has 41 heavy (non-hydrogen) atoms. The van der Waals surface area contributed by atoms with E-state index in [1.54, 1.807) is 11.3 Å². The first-order valence-corrected chi connectivity index (χ1v) is 15.5. The van der Waals surface area contributed by atoms with Crippen molar-refractivity contribution in [2.24, 2.45) is 4.99 Å². The minimum absolute atomic E-state index is 0.0524. The molecule has 0 unspecified atom stereocenters. The fourth-order valence-corrected chi connectivity index (χ4v) is 7.41. The van der Waals surface area contributed by atoms with Crippen LogP contribution in [0.3, 0.4) is 0 Å². The maximum absolute atomic E-state index is 13.9. The van der Waals surface area contributed by atoms with Crippen LogP contribution in [0.15, 0.2) is 77.8 Å². The average molecular weight is 560 g/mol. The molecule has 0 aliphatic heterocycles. The van der Waals surface area contributed by atoms with E-state index in [0.29, 0.717) is 0 Å². The Morgan fingerprint density at radius 1 is 0.902 bits per heavy atom. The Hall–Kier alpha value is -3.96. The number of amides is 1. The van der Waals surface area contributed by atoms with E-state index >= 15 is 0 Å². The largest absolute Gasteiger partial charge is 0.340 e. The normalized spacial score (nSPS) is 13.7. The van der Waals surface area contributed by atoms with E-state index in [1.165, 1.54) is 51.9 Å². The van der Waals surface area contributed by atoms with Crippen LogP contribution >= 0.6 is 11.3 Å². The van der Waals surface area contributed by atoms with Gasteiger partial charge in [0.25, 0.3) is 5.91 Å². The summed E-state index contributed by atoms with van der Waals surface area (Å²) in [7, 11) is 0. The second-order valence-electron chi connectivity index (χ2n) is 11.3. The number of nitrogens with zero attached hydrogens (tertiary/aromatic N) is 2. The lowest BCUT2D eigenvalue weighted by molar-refractivity contribution is 0.102. The third-order valence-electron chi connectivity index (χ3n) is 8.13. The predicted octanol–water partition coefficient (Wildman–Crippen LogP) is 9.34. The number of rotatable bonds is 6. The molecule has 2 heterocycles. The van der Waals surface area contributed by atoms with Gasteiger partial charge >= 0.3 is 0 Å². The van der Waals surface area contributed by atoms with E-state index in [1.807, 2.05) is 18.3 Å². The van der Waals surface area contributed by atoms with E-state index in [9.17, 15) is 4.79 Å². The molecule has 1 aliphatic rings. The number of para-hydroxylation sites is 1. The van der Waals surface area contributed by atoms with Gasteiger partial charge in [-0.05, 0) is 86.9 Å². The summed E-state index contributed by atoms with van der Waals surface area (Å²) in [6.07, 6.45) is 8.70. The highest BCUT2D eigenvalue weighted by molar-refractivity contribution is 7.16. The number of hydrogen-bond acceptors (Lipinski definition) is 3. The number of anilines is 1. The van der Waals surface area contributed by atoms with Gasteiger partial charge in [0.05, 0.1) is 5.56 Å². The van der Waals surface area contributed by atoms with Gasteiger partial charge < -0.3 is 9.88 Å². The minimum Gasteiger partial charge on any atom is -0.340 e. The highest BCUT2D eigenvalue weighted by Crippen LogP contribution is 2.40. The van der Waals surface area contributed by atoms with Gasteiger partial charge in [0, 0.05) is 45.5 Å². The molecule has 6 rings (SSSR count). The minimum atomic E-state index is -0.0524. The van der Waals surface area contributed by atoms with Crippen LogP contribution < -0.4 is 5.32 Å². The van der Waals surface area contributed by atoms with Crippen LogP contribution in [0.5, 0.6) is 0 Å². The third kappa shape index (κ3) is 5.77. The van der Waals surface area contributed by atoms with Crippen LogP contribution in [0.2, 0.25) is 0 Å². The Morgan fingerprint density at radius 3 is 2.39 bits per heavy atom. The molecule has 0 saturated carbocycles. The number of carbonyl (C=O) groups is 1. The molecule has 5 aromatic rings. The molecule has 0 saturated heterocycles.